The van der Waals surface area contributed by atoms with E-state index in [1.165, 1.54) is 0 Å². The molecule has 0 aliphatic carbocycles. The molecule has 150 valence electrons. The second kappa shape index (κ2) is 8.66. The highest BCUT2D eigenvalue weighted by molar-refractivity contribution is 5.91. The van der Waals surface area contributed by atoms with Crippen LogP contribution in [-0.2, 0) is 13.2 Å². The molecule has 0 saturated carbocycles. The van der Waals surface area contributed by atoms with Crippen molar-refractivity contribution in [1.82, 2.24) is 4.98 Å². The lowest BCUT2D eigenvalue weighted by Crippen LogP contribution is -2.08. The number of carbonyl (C=O) groups is 1. The maximum absolute atomic E-state index is 11.5. The number of pyridine rings is 1. The van der Waals surface area contributed by atoms with Gasteiger partial charge in [-0.15, -0.1) is 0 Å². The molecular formula is C25H21NO4. The van der Waals surface area contributed by atoms with Gasteiger partial charge >= 0.3 is 5.97 Å². The zero-order valence-electron chi connectivity index (χ0n) is 16.5. The van der Waals surface area contributed by atoms with Gasteiger partial charge in [0.25, 0.3) is 0 Å². The van der Waals surface area contributed by atoms with Gasteiger partial charge in [0.15, 0.2) is 0 Å². The van der Waals surface area contributed by atoms with Gasteiger partial charge in [-0.3, -0.25) is 0 Å². The fourth-order valence-corrected chi connectivity index (χ4v) is 3.33. The number of hydrogen-bond donors (Lipinski definition) is 1. The normalized spacial score (nSPS) is 10.7. The van der Waals surface area contributed by atoms with Crippen molar-refractivity contribution in [3.05, 3.63) is 101 Å². The first-order valence-electron chi connectivity index (χ1n) is 9.62. The van der Waals surface area contributed by atoms with Crippen LogP contribution < -0.4 is 9.47 Å². The highest BCUT2D eigenvalue weighted by Gasteiger charge is 2.13. The molecule has 1 heterocycles. The Morgan fingerprint density at radius 1 is 0.900 bits per heavy atom. The molecule has 5 nitrogen and oxygen atoms in total. The predicted octanol–water partition coefficient (Wildman–Crippen LogP) is 5.40. The summed E-state index contributed by atoms with van der Waals surface area (Å²) in [6.45, 7) is 2.32. The van der Waals surface area contributed by atoms with E-state index < -0.39 is 5.97 Å². The van der Waals surface area contributed by atoms with Crippen molar-refractivity contribution in [3.63, 3.8) is 0 Å². The van der Waals surface area contributed by atoms with Crippen LogP contribution in [0.25, 0.3) is 10.9 Å². The lowest BCUT2D eigenvalue weighted by Gasteiger charge is -2.12. The number of carboxylic acid groups (broad SMARTS) is 1. The number of aromatic carboxylic acids is 1. The van der Waals surface area contributed by atoms with Gasteiger partial charge in [0, 0.05) is 17.0 Å². The fraction of sp³-hybridized carbons (Fsp3) is 0.120. The average molecular weight is 399 g/mol. The van der Waals surface area contributed by atoms with Crippen LogP contribution >= 0.6 is 0 Å². The molecule has 1 N–H and O–H groups in total. The fourth-order valence-electron chi connectivity index (χ4n) is 3.33. The molecule has 0 unspecified atom stereocenters. The van der Waals surface area contributed by atoms with Crippen molar-refractivity contribution < 1.29 is 19.4 Å². The Morgan fingerprint density at radius 2 is 1.73 bits per heavy atom. The van der Waals surface area contributed by atoms with Crippen LogP contribution in [-0.4, -0.2) is 16.1 Å². The molecule has 0 fully saturated rings. The van der Waals surface area contributed by atoms with Crippen LogP contribution in [0, 0.1) is 6.92 Å². The summed E-state index contributed by atoms with van der Waals surface area (Å²) < 4.78 is 11.7. The van der Waals surface area contributed by atoms with Crippen molar-refractivity contribution in [2.75, 3.05) is 0 Å². The monoisotopic (exact) mass is 399 g/mol. The summed E-state index contributed by atoms with van der Waals surface area (Å²) in [5, 5.41) is 10.5. The highest BCUT2D eigenvalue weighted by atomic mass is 16.5. The second-order valence-corrected chi connectivity index (χ2v) is 6.98. The lowest BCUT2D eigenvalue weighted by molar-refractivity contribution is 0.0693. The Labute approximate surface area is 174 Å². The number of hydrogen-bond acceptors (Lipinski definition) is 4. The molecule has 30 heavy (non-hydrogen) atoms. The summed E-state index contributed by atoms with van der Waals surface area (Å²) >= 11 is 0. The van der Waals surface area contributed by atoms with Gasteiger partial charge in [-0.1, -0.05) is 48.5 Å². The van der Waals surface area contributed by atoms with E-state index in [-0.39, 0.29) is 6.61 Å². The first-order chi connectivity index (χ1) is 14.6. The molecule has 4 rings (SSSR count). The van der Waals surface area contributed by atoms with Crippen LogP contribution in [0.1, 0.15) is 27.0 Å². The highest BCUT2D eigenvalue weighted by Crippen LogP contribution is 2.21. The van der Waals surface area contributed by atoms with Crippen LogP contribution in [0.15, 0.2) is 78.9 Å². The number of aromatic nitrogens is 1. The molecule has 0 saturated heterocycles. The molecule has 0 aliphatic heterocycles. The summed E-state index contributed by atoms with van der Waals surface area (Å²) in [6.07, 6.45) is 0. The van der Waals surface area contributed by atoms with Crippen molar-refractivity contribution in [2.24, 2.45) is 0 Å². The Hall–Kier alpha value is -3.86. The van der Waals surface area contributed by atoms with Gasteiger partial charge in [-0.05, 0) is 42.3 Å². The quantitative estimate of drug-likeness (QED) is 0.451. The molecule has 0 bridgehead atoms. The summed E-state index contributed by atoms with van der Waals surface area (Å²) in [6, 6.07) is 24.7. The standard InChI is InChI=1S/C25H21NO4/c1-17-6-4-9-20(24(17)25(27)28)16-29-21-10-5-7-18(14-21)15-30-23-13-12-19-8-2-3-11-22(19)26-23/h2-14H,15-16H2,1H3,(H,27,28). The topological polar surface area (TPSA) is 68.7 Å². The molecular weight excluding hydrogens is 378 g/mol. The van der Waals surface area contributed by atoms with Gasteiger partial charge in [-0.2, -0.15) is 0 Å². The Kier molecular flexibility index (Phi) is 5.61. The molecule has 0 spiro atoms. The van der Waals surface area contributed by atoms with Crippen molar-refractivity contribution in [1.29, 1.82) is 0 Å². The van der Waals surface area contributed by atoms with Crippen LogP contribution in [0.5, 0.6) is 11.6 Å². The number of aryl methyl sites for hydroxylation is 1. The summed E-state index contributed by atoms with van der Waals surface area (Å²) in [7, 11) is 0. The number of para-hydroxylation sites is 1. The third-order valence-electron chi connectivity index (χ3n) is 4.83. The molecule has 3 aromatic carbocycles. The van der Waals surface area contributed by atoms with Crippen molar-refractivity contribution in [2.45, 2.75) is 20.1 Å². The van der Waals surface area contributed by atoms with Gasteiger partial charge in [0.1, 0.15) is 19.0 Å². The Morgan fingerprint density at radius 3 is 2.60 bits per heavy atom. The molecule has 5 heteroatoms. The van der Waals surface area contributed by atoms with E-state index in [1.807, 2.05) is 66.7 Å². The van der Waals surface area contributed by atoms with E-state index in [0.717, 1.165) is 16.5 Å². The first kappa shape index (κ1) is 19.5. The molecule has 0 atom stereocenters. The number of benzene rings is 3. The number of ether oxygens (including phenoxy) is 2. The minimum absolute atomic E-state index is 0.180. The number of rotatable bonds is 7. The Bertz CT molecular complexity index is 1200. The van der Waals surface area contributed by atoms with E-state index in [9.17, 15) is 9.90 Å². The molecule has 0 radical (unpaired) electrons. The van der Waals surface area contributed by atoms with Crippen molar-refractivity contribution in [3.8, 4) is 11.6 Å². The maximum Gasteiger partial charge on any atom is 0.336 e. The van der Waals surface area contributed by atoms with E-state index in [1.54, 1.807) is 19.1 Å². The molecule has 4 aromatic rings. The van der Waals surface area contributed by atoms with Gasteiger partial charge < -0.3 is 14.6 Å². The van der Waals surface area contributed by atoms with Crippen LogP contribution in [0.3, 0.4) is 0 Å². The van der Waals surface area contributed by atoms with Crippen LogP contribution in [0.4, 0.5) is 0 Å². The second-order valence-electron chi connectivity index (χ2n) is 6.98. The summed E-state index contributed by atoms with van der Waals surface area (Å²) in [5.41, 5.74) is 3.47. The van der Waals surface area contributed by atoms with E-state index in [4.69, 9.17) is 9.47 Å². The zero-order valence-corrected chi connectivity index (χ0v) is 16.5. The molecule has 1 aromatic heterocycles. The number of nitrogens with zero attached hydrogens (tertiary/aromatic N) is 1. The van der Waals surface area contributed by atoms with E-state index in [0.29, 0.717) is 34.9 Å². The van der Waals surface area contributed by atoms with Crippen molar-refractivity contribution >= 4 is 16.9 Å². The molecule has 0 aliphatic rings. The maximum atomic E-state index is 11.5. The average Bonchev–Trinajstić information content (AvgIpc) is 2.76. The van der Waals surface area contributed by atoms with Gasteiger partial charge in [0.2, 0.25) is 5.88 Å². The first-order valence-corrected chi connectivity index (χ1v) is 9.62. The van der Waals surface area contributed by atoms with Gasteiger partial charge in [-0.25, -0.2) is 9.78 Å². The van der Waals surface area contributed by atoms with E-state index >= 15 is 0 Å². The smallest absolute Gasteiger partial charge is 0.336 e. The SMILES string of the molecule is Cc1cccc(COc2cccc(COc3ccc4ccccc4n3)c2)c1C(=O)O. The van der Waals surface area contributed by atoms with Crippen LogP contribution in [0.2, 0.25) is 0 Å². The lowest BCUT2D eigenvalue weighted by atomic mass is 10.0. The third kappa shape index (κ3) is 4.41. The number of fused-ring (bicyclic) bond motifs is 1. The predicted molar refractivity (Wildman–Crippen MR) is 115 cm³/mol. The Balaban J connectivity index is 1.43. The number of carboxylic acids is 1. The minimum Gasteiger partial charge on any atom is -0.489 e. The van der Waals surface area contributed by atoms with Gasteiger partial charge in [0.05, 0.1) is 11.1 Å². The zero-order chi connectivity index (χ0) is 20.9. The minimum atomic E-state index is -0.947. The largest absolute Gasteiger partial charge is 0.489 e. The third-order valence-corrected chi connectivity index (χ3v) is 4.83. The molecule has 0 amide bonds. The van der Waals surface area contributed by atoms with E-state index in [2.05, 4.69) is 4.98 Å². The summed E-state index contributed by atoms with van der Waals surface area (Å²) in [5.74, 6) is 0.267. The summed E-state index contributed by atoms with van der Waals surface area (Å²) in [4.78, 5) is 16.0.